The molecule has 6 nitrogen and oxygen atoms in total. The summed E-state index contributed by atoms with van der Waals surface area (Å²) in [4.78, 5) is 29.8. The van der Waals surface area contributed by atoms with Gasteiger partial charge in [0.25, 0.3) is 11.1 Å². The van der Waals surface area contributed by atoms with Crippen molar-refractivity contribution in [3.63, 3.8) is 0 Å². The second-order valence-electron chi connectivity index (χ2n) is 5.88. The third-order valence-corrected chi connectivity index (χ3v) is 3.66. The molecular formula is C16H20N2O4. The molecular weight excluding hydrogens is 284 g/mol. The predicted molar refractivity (Wildman–Crippen MR) is 83.6 cm³/mol. The van der Waals surface area contributed by atoms with E-state index in [1.165, 1.54) is 12.1 Å². The molecule has 6 heteroatoms. The minimum absolute atomic E-state index is 0.0882. The van der Waals surface area contributed by atoms with Crippen LogP contribution in [0.15, 0.2) is 21.7 Å². The number of aromatic amines is 2. The Hall–Kier alpha value is -2.50. The van der Waals surface area contributed by atoms with E-state index < -0.39 is 17.0 Å². The van der Waals surface area contributed by atoms with Crippen molar-refractivity contribution in [1.29, 1.82) is 0 Å². The van der Waals surface area contributed by atoms with Gasteiger partial charge in [-0.05, 0) is 31.9 Å². The molecule has 0 spiro atoms. The van der Waals surface area contributed by atoms with Crippen LogP contribution in [0.25, 0.3) is 0 Å². The van der Waals surface area contributed by atoms with E-state index in [1.807, 2.05) is 13.8 Å². The fourth-order valence-electron chi connectivity index (χ4n) is 2.78. The van der Waals surface area contributed by atoms with Gasteiger partial charge in [-0.15, -0.1) is 0 Å². The van der Waals surface area contributed by atoms with Gasteiger partial charge in [0.2, 0.25) is 0 Å². The summed E-state index contributed by atoms with van der Waals surface area (Å²) in [6.07, 6.45) is 0. The molecule has 0 aliphatic carbocycles. The minimum Gasteiger partial charge on any atom is -0.507 e. The Bertz CT molecular complexity index is 752. The van der Waals surface area contributed by atoms with Crippen LogP contribution in [0.3, 0.4) is 0 Å². The fourth-order valence-corrected chi connectivity index (χ4v) is 2.78. The lowest BCUT2D eigenvalue weighted by Gasteiger charge is -2.22. The summed E-state index contributed by atoms with van der Waals surface area (Å²) in [5.74, 6) is -1.25. The van der Waals surface area contributed by atoms with E-state index in [4.69, 9.17) is 0 Å². The Labute approximate surface area is 127 Å². The Morgan fingerprint density at radius 3 is 1.50 bits per heavy atom. The normalized spacial score (nSPS) is 11.4. The molecule has 0 aliphatic heterocycles. The van der Waals surface area contributed by atoms with Crippen LogP contribution in [0.4, 0.5) is 0 Å². The maximum Gasteiger partial charge on any atom is 0.255 e. The first-order valence-corrected chi connectivity index (χ1v) is 7.08. The van der Waals surface area contributed by atoms with Crippen molar-refractivity contribution in [2.75, 3.05) is 0 Å². The van der Waals surface area contributed by atoms with Gasteiger partial charge in [0.1, 0.15) is 11.5 Å². The van der Waals surface area contributed by atoms with Crippen molar-refractivity contribution in [1.82, 2.24) is 9.97 Å². The zero-order valence-corrected chi connectivity index (χ0v) is 13.0. The van der Waals surface area contributed by atoms with Crippen molar-refractivity contribution in [2.24, 2.45) is 5.92 Å². The van der Waals surface area contributed by atoms with E-state index in [1.54, 1.807) is 13.8 Å². The largest absolute Gasteiger partial charge is 0.507 e. The van der Waals surface area contributed by atoms with Crippen LogP contribution in [0.2, 0.25) is 0 Å². The molecule has 118 valence electrons. The van der Waals surface area contributed by atoms with Crippen molar-refractivity contribution in [3.8, 4) is 11.5 Å². The zero-order chi connectivity index (χ0) is 16.6. The summed E-state index contributed by atoms with van der Waals surface area (Å²) in [6.45, 7) is 6.96. The van der Waals surface area contributed by atoms with E-state index in [0.29, 0.717) is 11.4 Å². The smallest absolute Gasteiger partial charge is 0.255 e. The van der Waals surface area contributed by atoms with Gasteiger partial charge in [0.15, 0.2) is 0 Å². The van der Waals surface area contributed by atoms with E-state index in [9.17, 15) is 19.8 Å². The highest BCUT2D eigenvalue weighted by molar-refractivity contribution is 5.45. The van der Waals surface area contributed by atoms with E-state index in [2.05, 4.69) is 9.97 Å². The van der Waals surface area contributed by atoms with Gasteiger partial charge >= 0.3 is 0 Å². The van der Waals surface area contributed by atoms with Gasteiger partial charge in [0.05, 0.1) is 11.1 Å². The predicted octanol–water partition coefficient (Wildman–Crippen LogP) is 1.88. The SMILES string of the molecule is Cc1cc(O)c(C(c2c(O)cc(C)[nH]c2=O)C(C)C)c(=O)[nH]1. The molecule has 0 bridgehead atoms. The summed E-state index contributed by atoms with van der Waals surface area (Å²) in [5, 5.41) is 20.4. The molecule has 0 saturated carbocycles. The standard InChI is InChI=1S/C16H20N2O4/c1-7(2)12(13-10(19)5-8(3)17-15(13)21)14-11(20)6-9(4)18-16(14)22/h5-7,12H,1-4H3,(H2,17,19,21)(H2,18,20,22). The first-order valence-electron chi connectivity index (χ1n) is 7.08. The first kappa shape index (κ1) is 15.9. The molecule has 0 radical (unpaired) electrons. The molecule has 0 saturated heterocycles. The summed E-state index contributed by atoms with van der Waals surface area (Å²) in [7, 11) is 0. The van der Waals surface area contributed by atoms with Gasteiger partial charge in [-0.25, -0.2) is 0 Å². The average molecular weight is 304 g/mol. The third kappa shape index (κ3) is 2.77. The quantitative estimate of drug-likeness (QED) is 0.694. The highest BCUT2D eigenvalue weighted by atomic mass is 16.3. The molecule has 22 heavy (non-hydrogen) atoms. The number of hydrogen-bond donors (Lipinski definition) is 4. The molecule has 2 rings (SSSR count). The van der Waals surface area contributed by atoms with Crippen LogP contribution in [0.5, 0.6) is 11.5 Å². The van der Waals surface area contributed by atoms with E-state index in [0.717, 1.165) is 0 Å². The van der Waals surface area contributed by atoms with Crippen molar-refractivity contribution >= 4 is 0 Å². The Morgan fingerprint density at radius 1 is 0.864 bits per heavy atom. The van der Waals surface area contributed by atoms with Crippen molar-refractivity contribution < 1.29 is 10.2 Å². The molecule has 2 aromatic rings. The molecule has 0 aromatic carbocycles. The number of pyridine rings is 2. The van der Waals surface area contributed by atoms with Crippen LogP contribution < -0.4 is 11.1 Å². The molecule has 0 atom stereocenters. The topological polar surface area (TPSA) is 106 Å². The third-order valence-electron chi connectivity index (χ3n) is 3.66. The summed E-state index contributed by atoms with van der Waals surface area (Å²) >= 11 is 0. The Morgan fingerprint density at radius 2 is 1.23 bits per heavy atom. The minimum atomic E-state index is -0.714. The Kier molecular flexibility index (Phi) is 4.12. The number of H-pyrrole nitrogens is 2. The zero-order valence-electron chi connectivity index (χ0n) is 13.0. The number of aromatic nitrogens is 2. The molecule has 0 fully saturated rings. The van der Waals surface area contributed by atoms with Crippen LogP contribution >= 0.6 is 0 Å². The maximum absolute atomic E-state index is 12.3. The molecule has 2 heterocycles. The molecule has 0 aliphatic rings. The molecule has 0 unspecified atom stereocenters. The highest BCUT2D eigenvalue weighted by Gasteiger charge is 2.29. The first-order chi connectivity index (χ1) is 10.2. The lowest BCUT2D eigenvalue weighted by molar-refractivity contribution is 0.429. The lowest BCUT2D eigenvalue weighted by Crippen LogP contribution is -2.26. The van der Waals surface area contributed by atoms with Gasteiger partial charge in [-0.1, -0.05) is 13.8 Å². The fraction of sp³-hybridized carbons (Fsp3) is 0.375. The number of aromatic hydroxyl groups is 2. The van der Waals surface area contributed by atoms with Crippen LogP contribution in [-0.4, -0.2) is 20.2 Å². The number of nitrogens with one attached hydrogen (secondary N) is 2. The van der Waals surface area contributed by atoms with Gasteiger partial charge in [0, 0.05) is 17.3 Å². The Balaban J connectivity index is 2.79. The number of aryl methyl sites for hydroxylation is 2. The number of hydrogen-bond acceptors (Lipinski definition) is 4. The summed E-state index contributed by atoms with van der Waals surface area (Å²) < 4.78 is 0. The molecule has 2 aromatic heterocycles. The summed E-state index contributed by atoms with van der Waals surface area (Å²) in [6, 6.07) is 2.87. The molecule has 0 amide bonds. The number of rotatable bonds is 3. The average Bonchev–Trinajstić information content (AvgIpc) is 2.34. The van der Waals surface area contributed by atoms with Crippen molar-refractivity contribution in [2.45, 2.75) is 33.6 Å². The molecule has 4 N–H and O–H groups in total. The van der Waals surface area contributed by atoms with Gasteiger partial charge in [-0.3, -0.25) is 9.59 Å². The van der Waals surface area contributed by atoms with Crippen molar-refractivity contribution in [3.05, 3.63) is 55.4 Å². The van der Waals surface area contributed by atoms with Gasteiger partial charge in [-0.2, -0.15) is 0 Å². The second kappa shape index (κ2) is 5.71. The summed E-state index contributed by atoms with van der Waals surface area (Å²) in [5.41, 5.74) is 0.299. The lowest BCUT2D eigenvalue weighted by atomic mass is 9.82. The van der Waals surface area contributed by atoms with Crippen LogP contribution in [-0.2, 0) is 0 Å². The maximum atomic E-state index is 12.3. The van der Waals surface area contributed by atoms with E-state index >= 15 is 0 Å². The van der Waals surface area contributed by atoms with Crippen LogP contribution in [0.1, 0.15) is 42.3 Å². The van der Waals surface area contributed by atoms with Gasteiger partial charge < -0.3 is 20.2 Å². The highest BCUT2D eigenvalue weighted by Crippen LogP contribution is 2.36. The van der Waals surface area contributed by atoms with Crippen LogP contribution in [0, 0.1) is 19.8 Å². The van der Waals surface area contributed by atoms with E-state index in [-0.39, 0.29) is 28.5 Å². The second-order valence-corrected chi connectivity index (χ2v) is 5.88. The monoisotopic (exact) mass is 304 g/mol.